The van der Waals surface area contributed by atoms with E-state index in [-0.39, 0.29) is 18.5 Å². The summed E-state index contributed by atoms with van der Waals surface area (Å²) < 4.78 is 5.49. The van der Waals surface area contributed by atoms with Gasteiger partial charge in [0.2, 0.25) is 5.91 Å². The molecule has 2 unspecified atom stereocenters. The third-order valence-corrected chi connectivity index (χ3v) is 15.8. The summed E-state index contributed by atoms with van der Waals surface area (Å²) in [5, 5.41) is 23.4. The van der Waals surface area contributed by atoms with E-state index in [2.05, 4.69) is 31.3 Å². The van der Waals surface area contributed by atoms with Crippen molar-refractivity contribution in [3.8, 4) is 0 Å². The van der Waals surface area contributed by atoms with Crippen LogP contribution in [-0.2, 0) is 14.3 Å². The van der Waals surface area contributed by atoms with E-state index < -0.39 is 12.1 Å². The Balaban J connectivity index is 3.39. The highest BCUT2D eigenvalue weighted by Crippen LogP contribution is 2.19. The molecule has 0 saturated heterocycles. The third kappa shape index (κ3) is 59.7. The van der Waals surface area contributed by atoms with Crippen molar-refractivity contribution in [2.45, 2.75) is 392 Å². The van der Waals surface area contributed by atoms with Crippen molar-refractivity contribution in [2.75, 3.05) is 13.2 Å². The van der Waals surface area contributed by atoms with Crippen molar-refractivity contribution in [1.82, 2.24) is 5.32 Å². The molecule has 0 radical (unpaired) electrons. The summed E-state index contributed by atoms with van der Waals surface area (Å²) >= 11 is 0. The summed E-state index contributed by atoms with van der Waals surface area (Å²) in [6, 6.07) is -0.546. The Kier molecular flexibility index (Phi) is 61.9. The zero-order chi connectivity index (χ0) is 52.9. The average molecular weight is 1030 g/mol. The molecule has 0 spiro atoms. The van der Waals surface area contributed by atoms with Gasteiger partial charge in [-0.1, -0.05) is 328 Å². The number of rotatable bonds is 63. The molecule has 6 nitrogen and oxygen atoms in total. The van der Waals surface area contributed by atoms with E-state index in [1.165, 1.54) is 308 Å². The molecule has 0 aromatic rings. The fourth-order valence-electron chi connectivity index (χ4n) is 10.7. The van der Waals surface area contributed by atoms with Crippen molar-refractivity contribution in [3.63, 3.8) is 0 Å². The van der Waals surface area contributed by atoms with E-state index in [0.29, 0.717) is 25.9 Å². The number of amides is 1. The van der Waals surface area contributed by atoms with Crippen LogP contribution in [-0.4, -0.2) is 47.4 Å². The molecule has 0 aliphatic rings. The van der Waals surface area contributed by atoms with Gasteiger partial charge in [-0.25, -0.2) is 0 Å². The highest BCUT2D eigenvalue weighted by Gasteiger charge is 2.20. The van der Waals surface area contributed by atoms with Crippen LogP contribution in [0.3, 0.4) is 0 Å². The van der Waals surface area contributed by atoms with Gasteiger partial charge in [0.1, 0.15) is 0 Å². The predicted molar refractivity (Wildman–Crippen MR) is 320 cm³/mol. The minimum absolute atomic E-state index is 0.0154. The summed E-state index contributed by atoms with van der Waals surface area (Å²) in [4.78, 5) is 24.6. The molecule has 6 heteroatoms. The molecule has 0 bridgehead atoms. The third-order valence-electron chi connectivity index (χ3n) is 15.8. The molecule has 0 saturated carbocycles. The quantitative estimate of drug-likeness (QED) is 0.0320. The maximum absolute atomic E-state index is 12.5. The van der Waals surface area contributed by atoms with Crippen molar-refractivity contribution in [3.05, 3.63) is 12.2 Å². The van der Waals surface area contributed by atoms with E-state index in [4.69, 9.17) is 4.74 Å². The van der Waals surface area contributed by atoms with Gasteiger partial charge in [0, 0.05) is 12.8 Å². The number of esters is 1. The Morgan fingerprint density at radius 1 is 0.370 bits per heavy atom. The molecule has 0 fully saturated rings. The summed E-state index contributed by atoms with van der Waals surface area (Å²) in [6.07, 6.45) is 76.6. The number of hydrogen-bond donors (Lipinski definition) is 3. The first-order valence-corrected chi connectivity index (χ1v) is 33.4. The van der Waals surface area contributed by atoms with E-state index in [1.807, 2.05) is 0 Å². The first-order valence-electron chi connectivity index (χ1n) is 33.4. The number of unbranched alkanes of at least 4 members (excludes halogenated alkanes) is 50. The Morgan fingerprint density at radius 2 is 0.644 bits per heavy atom. The second-order valence-corrected chi connectivity index (χ2v) is 23.2. The fraction of sp³-hybridized carbons (Fsp3) is 0.940. The largest absolute Gasteiger partial charge is 0.466 e. The van der Waals surface area contributed by atoms with Gasteiger partial charge in [-0.15, -0.1) is 0 Å². The summed E-state index contributed by atoms with van der Waals surface area (Å²) in [6.45, 7) is 4.99. The number of carbonyl (C=O) groups excluding carboxylic acids is 2. The lowest BCUT2D eigenvalue weighted by Crippen LogP contribution is -2.45. The van der Waals surface area contributed by atoms with Crippen LogP contribution in [0.4, 0.5) is 0 Å². The van der Waals surface area contributed by atoms with Gasteiger partial charge in [0.15, 0.2) is 0 Å². The maximum atomic E-state index is 12.5. The monoisotopic (exact) mass is 1030 g/mol. The zero-order valence-corrected chi connectivity index (χ0v) is 49.6. The number of carbonyl (C=O) groups is 2. The summed E-state index contributed by atoms with van der Waals surface area (Å²) in [5.74, 6) is -0.0221. The molecule has 0 aromatic heterocycles. The minimum Gasteiger partial charge on any atom is -0.466 e. The van der Waals surface area contributed by atoms with Gasteiger partial charge < -0.3 is 20.3 Å². The van der Waals surface area contributed by atoms with E-state index in [9.17, 15) is 19.8 Å². The van der Waals surface area contributed by atoms with Gasteiger partial charge in [0.05, 0.1) is 25.4 Å². The van der Waals surface area contributed by atoms with Gasteiger partial charge >= 0.3 is 5.97 Å². The molecule has 73 heavy (non-hydrogen) atoms. The van der Waals surface area contributed by atoms with Crippen LogP contribution in [0.5, 0.6) is 0 Å². The van der Waals surface area contributed by atoms with Crippen LogP contribution >= 0.6 is 0 Å². The van der Waals surface area contributed by atoms with Crippen molar-refractivity contribution < 1.29 is 24.5 Å². The first-order chi connectivity index (χ1) is 36.0. The number of hydrogen-bond acceptors (Lipinski definition) is 5. The standard InChI is InChI=1S/C67H131NO5/c1-3-5-7-9-11-13-15-17-19-20-28-32-35-39-43-47-51-55-59-65(70)64(63-69)68-66(71)60-56-52-48-44-40-36-33-29-26-24-22-21-23-25-27-30-34-38-42-46-50-54-58-62-73-67(72)61-57-53-49-45-41-37-31-18-16-14-12-10-8-6-4-2/h24,26,64-65,69-70H,3-23,25,27-63H2,1-2H3,(H,68,71)/b26-24-. The lowest BCUT2D eigenvalue weighted by Gasteiger charge is -2.22. The van der Waals surface area contributed by atoms with E-state index in [0.717, 1.165) is 38.5 Å². The molecule has 0 aliphatic carbocycles. The highest BCUT2D eigenvalue weighted by molar-refractivity contribution is 5.76. The molecule has 0 aliphatic heterocycles. The topological polar surface area (TPSA) is 95.9 Å². The smallest absolute Gasteiger partial charge is 0.305 e. The Hall–Kier alpha value is -1.40. The van der Waals surface area contributed by atoms with Crippen LogP contribution in [0, 0.1) is 0 Å². The Labute approximate surface area is 457 Å². The van der Waals surface area contributed by atoms with Crippen LogP contribution < -0.4 is 5.32 Å². The molecular weight excluding hydrogens is 899 g/mol. The van der Waals surface area contributed by atoms with E-state index >= 15 is 0 Å². The normalized spacial score (nSPS) is 12.5. The number of aliphatic hydroxyl groups excluding tert-OH is 2. The highest BCUT2D eigenvalue weighted by atomic mass is 16.5. The van der Waals surface area contributed by atoms with Crippen LogP contribution in [0.15, 0.2) is 12.2 Å². The summed E-state index contributed by atoms with van der Waals surface area (Å²) in [5.41, 5.74) is 0. The van der Waals surface area contributed by atoms with Crippen LogP contribution in [0.2, 0.25) is 0 Å². The fourth-order valence-corrected chi connectivity index (χ4v) is 10.7. The predicted octanol–water partition coefficient (Wildman–Crippen LogP) is 21.2. The van der Waals surface area contributed by atoms with Crippen LogP contribution in [0.1, 0.15) is 380 Å². The molecule has 3 N–H and O–H groups in total. The van der Waals surface area contributed by atoms with E-state index in [1.54, 1.807) is 0 Å². The van der Waals surface area contributed by atoms with Gasteiger partial charge in [-0.05, 0) is 51.4 Å². The lowest BCUT2D eigenvalue weighted by atomic mass is 10.0. The molecular formula is C67H131NO5. The molecule has 2 atom stereocenters. The Bertz CT molecular complexity index is 1100. The van der Waals surface area contributed by atoms with Crippen molar-refractivity contribution >= 4 is 11.9 Å². The number of nitrogens with one attached hydrogen (secondary N) is 1. The molecule has 434 valence electrons. The number of allylic oxidation sites excluding steroid dienone is 2. The lowest BCUT2D eigenvalue weighted by molar-refractivity contribution is -0.143. The van der Waals surface area contributed by atoms with Gasteiger partial charge in [-0.3, -0.25) is 9.59 Å². The molecule has 0 aromatic carbocycles. The van der Waals surface area contributed by atoms with Crippen LogP contribution in [0.25, 0.3) is 0 Å². The molecule has 0 heterocycles. The minimum atomic E-state index is -0.668. The number of aliphatic hydroxyl groups is 2. The Morgan fingerprint density at radius 3 is 0.973 bits per heavy atom. The second kappa shape index (κ2) is 63.1. The van der Waals surface area contributed by atoms with Crippen molar-refractivity contribution in [1.29, 1.82) is 0 Å². The van der Waals surface area contributed by atoms with Gasteiger partial charge in [-0.2, -0.15) is 0 Å². The number of ether oxygens (including phenoxy) is 1. The average Bonchev–Trinajstić information content (AvgIpc) is 3.39. The molecule has 0 rings (SSSR count). The maximum Gasteiger partial charge on any atom is 0.305 e. The zero-order valence-electron chi connectivity index (χ0n) is 49.6. The van der Waals surface area contributed by atoms with Gasteiger partial charge in [0.25, 0.3) is 0 Å². The SMILES string of the molecule is CCCCCCCCCCCCCCCCCCCCC(O)C(CO)NC(=O)CCCCCCCCC/C=C\CCCCCCCCCCCCCCOC(=O)CCCCCCCCCCCCCCCCC. The first kappa shape index (κ1) is 71.6. The molecule has 1 amide bonds. The second-order valence-electron chi connectivity index (χ2n) is 23.2. The summed E-state index contributed by atoms with van der Waals surface area (Å²) in [7, 11) is 0. The van der Waals surface area contributed by atoms with Crippen molar-refractivity contribution in [2.24, 2.45) is 0 Å².